The molecule has 1 unspecified atom stereocenters. The van der Waals surface area contributed by atoms with Crippen LogP contribution in [0.3, 0.4) is 0 Å². The highest BCUT2D eigenvalue weighted by molar-refractivity contribution is 7.14. The minimum absolute atomic E-state index is 0.0377. The van der Waals surface area contributed by atoms with Crippen molar-refractivity contribution >= 4 is 34.6 Å². The fraction of sp³-hybridized carbons (Fsp3) is 0.400. The number of carbonyl (C=O) groups excluding carboxylic acids is 2. The van der Waals surface area contributed by atoms with Crippen LogP contribution >= 0.6 is 22.7 Å². The van der Waals surface area contributed by atoms with E-state index < -0.39 is 5.97 Å². The maximum absolute atomic E-state index is 11.9. The van der Waals surface area contributed by atoms with Crippen molar-refractivity contribution in [3.05, 3.63) is 27.9 Å². The molecular weight excluding hydrogens is 320 g/mol. The first-order valence-electron chi connectivity index (χ1n) is 6.92. The third-order valence-electron chi connectivity index (χ3n) is 3.20. The van der Waals surface area contributed by atoms with Crippen LogP contribution in [-0.4, -0.2) is 29.5 Å². The number of esters is 1. The lowest BCUT2D eigenvalue weighted by molar-refractivity contribution is -0.125. The third-order valence-corrected chi connectivity index (χ3v) is 4.78. The third kappa shape index (κ3) is 4.38. The Kier molecular flexibility index (Phi) is 5.68. The average molecular weight is 338 g/mol. The monoisotopic (exact) mass is 338 g/mol. The molecule has 0 aliphatic carbocycles. The van der Waals surface area contributed by atoms with Gasteiger partial charge in [-0.05, 0) is 24.3 Å². The maximum Gasteiger partial charge on any atom is 0.358 e. The van der Waals surface area contributed by atoms with Crippen molar-refractivity contribution in [1.29, 1.82) is 0 Å². The van der Waals surface area contributed by atoms with Gasteiger partial charge in [-0.1, -0.05) is 13.8 Å². The van der Waals surface area contributed by atoms with Gasteiger partial charge in [0.05, 0.1) is 0 Å². The topological polar surface area (TPSA) is 68.3 Å². The van der Waals surface area contributed by atoms with Gasteiger partial charge in [-0.25, -0.2) is 9.78 Å². The molecule has 0 aliphatic rings. The maximum atomic E-state index is 11.9. The summed E-state index contributed by atoms with van der Waals surface area (Å²) in [5, 5.41) is 9.11. The number of thiophene rings is 1. The molecule has 22 heavy (non-hydrogen) atoms. The number of thiazole rings is 1. The molecule has 0 fully saturated rings. The smallest absolute Gasteiger partial charge is 0.358 e. The van der Waals surface area contributed by atoms with Gasteiger partial charge in [0.15, 0.2) is 12.3 Å². The van der Waals surface area contributed by atoms with Crippen molar-refractivity contribution in [2.24, 2.45) is 5.92 Å². The first-order valence-corrected chi connectivity index (χ1v) is 8.74. The molecule has 0 bridgehead atoms. The van der Waals surface area contributed by atoms with E-state index in [0.717, 1.165) is 10.6 Å². The summed E-state index contributed by atoms with van der Waals surface area (Å²) >= 11 is 2.95. The fourth-order valence-corrected chi connectivity index (χ4v) is 3.05. The van der Waals surface area contributed by atoms with Gasteiger partial charge in [0, 0.05) is 22.4 Å². The minimum atomic E-state index is -0.579. The molecule has 0 saturated carbocycles. The first-order chi connectivity index (χ1) is 10.5. The lowest BCUT2D eigenvalue weighted by atomic mass is 10.1. The van der Waals surface area contributed by atoms with Crippen molar-refractivity contribution in [1.82, 2.24) is 10.3 Å². The van der Waals surface area contributed by atoms with Gasteiger partial charge < -0.3 is 10.1 Å². The molecule has 1 amide bonds. The van der Waals surface area contributed by atoms with Crippen molar-refractivity contribution in [2.75, 3.05) is 6.61 Å². The molecule has 2 heterocycles. The van der Waals surface area contributed by atoms with Crippen molar-refractivity contribution in [3.8, 4) is 10.6 Å². The summed E-state index contributed by atoms with van der Waals surface area (Å²) in [5.74, 6) is -0.556. The van der Waals surface area contributed by atoms with Crippen LogP contribution < -0.4 is 5.32 Å². The van der Waals surface area contributed by atoms with E-state index in [-0.39, 0.29) is 24.2 Å². The van der Waals surface area contributed by atoms with Crippen molar-refractivity contribution in [3.63, 3.8) is 0 Å². The highest BCUT2D eigenvalue weighted by atomic mass is 32.1. The second-order valence-electron chi connectivity index (χ2n) is 5.23. The molecule has 2 aromatic rings. The molecule has 0 aromatic carbocycles. The summed E-state index contributed by atoms with van der Waals surface area (Å²) < 4.78 is 5.00. The van der Waals surface area contributed by atoms with E-state index in [0.29, 0.717) is 5.92 Å². The number of ether oxygens (including phenoxy) is 1. The zero-order chi connectivity index (χ0) is 16.1. The zero-order valence-electron chi connectivity index (χ0n) is 12.7. The fourth-order valence-electron chi connectivity index (χ4n) is 1.55. The van der Waals surface area contributed by atoms with Crippen molar-refractivity contribution in [2.45, 2.75) is 26.8 Å². The van der Waals surface area contributed by atoms with Crippen LogP contribution in [0.1, 0.15) is 31.3 Å². The molecule has 1 atom stereocenters. The van der Waals surface area contributed by atoms with Crippen LogP contribution in [0.5, 0.6) is 0 Å². The summed E-state index contributed by atoms with van der Waals surface area (Å²) in [7, 11) is 0. The molecule has 2 aromatic heterocycles. The number of amides is 1. The number of nitrogens with one attached hydrogen (secondary N) is 1. The van der Waals surface area contributed by atoms with Gasteiger partial charge in [0.2, 0.25) is 0 Å². The zero-order valence-corrected chi connectivity index (χ0v) is 14.3. The largest absolute Gasteiger partial charge is 0.451 e. The highest BCUT2D eigenvalue weighted by Gasteiger charge is 2.16. The number of carbonyl (C=O) groups is 2. The summed E-state index contributed by atoms with van der Waals surface area (Å²) in [6, 6.07) is 1.98. The summed E-state index contributed by atoms with van der Waals surface area (Å²) in [6.07, 6.45) is 0. The van der Waals surface area contributed by atoms with Crippen LogP contribution in [-0.2, 0) is 9.53 Å². The van der Waals surface area contributed by atoms with E-state index in [1.54, 1.807) is 16.7 Å². The standard InChI is InChI=1S/C15H18N2O3S2/c1-9(2)10(3)16-13(18)6-20-15(19)12-8-22-14(17-12)11-4-5-21-7-11/h4-5,7-10H,6H2,1-3H3,(H,16,18). The minimum Gasteiger partial charge on any atom is -0.451 e. The highest BCUT2D eigenvalue weighted by Crippen LogP contribution is 2.25. The van der Waals surface area contributed by atoms with Gasteiger partial charge in [-0.2, -0.15) is 11.3 Å². The molecule has 0 saturated heterocycles. The van der Waals surface area contributed by atoms with Crippen LogP contribution in [0, 0.1) is 5.92 Å². The molecule has 118 valence electrons. The van der Waals surface area contributed by atoms with E-state index in [9.17, 15) is 9.59 Å². The van der Waals surface area contributed by atoms with Crippen LogP contribution in [0.25, 0.3) is 10.6 Å². The second kappa shape index (κ2) is 7.51. The summed E-state index contributed by atoms with van der Waals surface area (Å²) in [4.78, 5) is 27.8. The first kappa shape index (κ1) is 16.6. The van der Waals surface area contributed by atoms with E-state index in [2.05, 4.69) is 10.3 Å². The van der Waals surface area contributed by atoms with Gasteiger partial charge in [0.25, 0.3) is 5.91 Å². The number of aromatic nitrogens is 1. The Morgan fingerprint density at radius 1 is 1.32 bits per heavy atom. The second-order valence-corrected chi connectivity index (χ2v) is 6.86. The van der Waals surface area contributed by atoms with Crippen LogP contribution in [0.2, 0.25) is 0 Å². The molecule has 0 radical (unpaired) electrons. The quantitative estimate of drug-likeness (QED) is 0.821. The Morgan fingerprint density at radius 2 is 2.09 bits per heavy atom. The van der Waals surface area contributed by atoms with Gasteiger partial charge in [0.1, 0.15) is 5.01 Å². The van der Waals surface area contributed by atoms with E-state index in [1.165, 1.54) is 11.3 Å². The molecular formula is C15H18N2O3S2. The molecule has 0 aliphatic heterocycles. The van der Waals surface area contributed by atoms with Gasteiger partial charge in [-0.3, -0.25) is 4.79 Å². The normalized spacial score (nSPS) is 12.2. The number of hydrogen-bond donors (Lipinski definition) is 1. The van der Waals surface area contributed by atoms with Gasteiger partial charge in [-0.15, -0.1) is 11.3 Å². The summed E-state index contributed by atoms with van der Waals surface area (Å²) in [5.41, 5.74) is 1.22. The number of nitrogens with zero attached hydrogens (tertiary/aromatic N) is 1. The Balaban J connectivity index is 1.86. The Labute approximate surface area is 137 Å². The van der Waals surface area contributed by atoms with Crippen molar-refractivity contribution < 1.29 is 14.3 Å². The molecule has 7 heteroatoms. The Bertz CT molecular complexity index is 635. The summed E-state index contributed by atoms with van der Waals surface area (Å²) in [6.45, 7) is 5.65. The van der Waals surface area contributed by atoms with Crippen LogP contribution in [0.4, 0.5) is 0 Å². The molecule has 1 N–H and O–H groups in total. The number of rotatable bonds is 6. The van der Waals surface area contributed by atoms with E-state index >= 15 is 0 Å². The van der Waals surface area contributed by atoms with Gasteiger partial charge >= 0.3 is 5.97 Å². The number of hydrogen-bond acceptors (Lipinski definition) is 6. The molecule has 0 spiro atoms. The molecule has 2 rings (SSSR count). The van der Waals surface area contributed by atoms with Crippen LogP contribution in [0.15, 0.2) is 22.2 Å². The Hall–Kier alpha value is -1.73. The lowest BCUT2D eigenvalue weighted by Gasteiger charge is -2.17. The Morgan fingerprint density at radius 3 is 2.73 bits per heavy atom. The van der Waals surface area contributed by atoms with E-state index in [1.807, 2.05) is 37.6 Å². The molecule has 5 nitrogen and oxygen atoms in total. The SMILES string of the molecule is CC(C)C(C)NC(=O)COC(=O)c1csc(-c2ccsc2)n1. The van der Waals surface area contributed by atoms with E-state index in [4.69, 9.17) is 4.74 Å². The average Bonchev–Trinajstić information content (AvgIpc) is 3.14. The predicted octanol–water partition coefficient (Wildman–Crippen LogP) is 3.19. The lowest BCUT2D eigenvalue weighted by Crippen LogP contribution is -2.38. The predicted molar refractivity (Wildman–Crippen MR) is 88.2 cm³/mol.